The first-order valence-electron chi connectivity index (χ1n) is 8.69. The minimum atomic E-state index is -0.488. The zero-order valence-corrected chi connectivity index (χ0v) is 15.2. The number of aromatic nitrogens is 2. The molecule has 3 rings (SSSR count). The van der Waals surface area contributed by atoms with Crippen molar-refractivity contribution in [2.24, 2.45) is 0 Å². The van der Waals surface area contributed by atoms with Crippen LogP contribution in [0.1, 0.15) is 35.7 Å². The van der Waals surface area contributed by atoms with Crippen LogP contribution in [0.15, 0.2) is 66.9 Å². The third-order valence-corrected chi connectivity index (χ3v) is 4.33. The largest absolute Gasteiger partial charge is 0.287 e. The Balaban J connectivity index is 1.77. The van der Waals surface area contributed by atoms with Gasteiger partial charge in [-0.1, -0.05) is 42.8 Å². The number of Topliss-reactive ketones (excluding diaryl/α,β-unsaturated/α-hetero) is 1. The monoisotopic (exact) mass is 362 g/mol. The average Bonchev–Trinajstić information content (AvgIpc) is 2.68. The zero-order chi connectivity index (χ0) is 19.4. The van der Waals surface area contributed by atoms with Crippen molar-refractivity contribution in [1.82, 2.24) is 5.10 Å². The van der Waals surface area contributed by atoms with E-state index in [4.69, 9.17) is 0 Å². The van der Waals surface area contributed by atoms with Crippen LogP contribution in [0, 0.1) is 10.1 Å². The van der Waals surface area contributed by atoms with Gasteiger partial charge in [-0.25, -0.2) is 0 Å². The molecule has 0 amide bonds. The van der Waals surface area contributed by atoms with E-state index >= 15 is 0 Å². The molecule has 1 heterocycles. The molecule has 3 aromatic rings. The summed E-state index contributed by atoms with van der Waals surface area (Å²) in [5.41, 5.74) is 3.41. The molecular formula is C21H20N3O3+. The Morgan fingerprint density at radius 2 is 1.74 bits per heavy atom. The number of hydrogen-bond acceptors (Lipinski definition) is 4. The lowest BCUT2D eigenvalue weighted by atomic mass is 10.0. The van der Waals surface area contributed by atoms with Crippen LogP contribution >= 0.6 is 0 Å². The standard InChI is InChI=1S/C21H20N3O3/c1-15(2)16-5-7-17(8-6-16)20-4-3-13-23(22-20)14-21(25)18-9-11-19(12-10-18)24(26)27/h3-13,15H,14H2,1-2H3/q+1. The molecular weight excluding hydrogens is 342 g/mol. The molecule has 0 fully saturated rings. The third kappa shape index (κ3) is 4.41. The van der Waals surface area contributed by atoms with Crippen LogP contribution in [-0.4, -0.2) is 15.8 Å². The molecule has 0 aliphatic rings. The second-order valence-corrected chi connectivity index (χ2v) is 6.59. The van der Waals surface area contributed by atoms with E-state index in [0.717, 1.165) is 11.3 Å². The minimum Gasteiger partial charge on any atom is -0.287 e. The Morgan fingerprint density at radius 1 is 1.07 bits per heavy atom. The van der Waals surface area contributed by atoms with Gasteiger partial charge in [0, 0.05) is 34.4 Å². The summed E-state index contributed by atoms with van der Waals surface area (Å²) in [6.07, 6.45) is 1.73. The van der Waals surface area contributed by atoms with Crippen molar-refractivity contribution in [3.63, 3.8) is 0 Å². The summed E-state index contributed by atoms with van der Waals surface area (Å²) < 4.78 is 1.58. The molecule has 0 radical (unpaired) electrons. The Hall–Kier alpha value is -3.41. The fourth-order valence-electron chi connectivity index (χ4n) is 2.73. The van der Waals surface area contributed by atoms with Crippen LogP contribution in [0.5, 0.6) is 0 Å². The predicted octanol–water partition coefficient (Wildman–Crippen LogP) is 3.95. The molecule has 2 aromatic carbocycles. The Bertz CT molecular complexity index is 965. The lowest BCUT2D eigenvalue weighted by Gasteiger charge is -2.06. The highest BCUT2D eigenvalue weighted by Gasteiger charge is 2.16. The van der Waals surface area contributed by atoms with Gasteiger partial charge in [-0.15, -0.1) is 0 Å². The first kappa shape index (κ1) is 18.4. The van der Waals surface area contributed by atoms with E-state index in [1.807, 2.05) is 24.3 Å². The third-order valence-electron chi connectivity index (χ3n) is 4.33. The van der Waals surface area contributed by atoms with E-state index in [0.29, 0.717) is 11.5 Å². The maximum absolute atomic E-state index is 12.4. The highest BCUT2D eigenvalue weighted by molar-refractivity contribution is 5.95. The van der Waals surface area contributed by atoms with Crippen molar-refractivity contribution in [3.8, 4) is 11.3 Å². The molecule has 0 atom stereocenters. The smallest absolute Gasteiger partial charge is 0.269 e. The molecule has 0 unspecified atom stereocenters. The molecule has 0 spiro atoms. The summed E-state index contributed by atoms with van der Waals surface area (Å²) in [4.78, 5) is 22.7. The van der Waals surface area contributed by atoms with E-state index in [-0.39, 0.29) is 18.0 Å². The fourth-order valence-corrected chi connectivity index (χ4v) is 2.73. The van der Waals surface area contributed by atoms with Gasteiger partial charge in [0.25, 0.3) is 5.69 Å². The van der Waals surface area contributed by atoms with Crippen LogP contribution in [0.3, 0.4) is 0 Å². The van der Waals surface area contributed by atoms with Gasteiger partial charge in [-0.2, -0.15) is 0 Å². The SMILES string of the molecule is CC(C)c1ccc(-c2ccc[n+](CC(=O)c3ccc([N+](=O)[O-])cc3)n2)cc1. The second-order valence-electron chi connectivity index (χ2n) is 6.59. The van der Waals surface area contributed by atoms with Gasteiger partial charge >= 0.3 is 0 Å². The average molecular weight is 362 g/mol. The van der Waals surface area contributed by atoms with E-state index in [2.05, 4.69) is 31.1 Å². The van der Waals surface area contributed by atoms with Crippen LogP contribution < -0.4 is 4.68 Å². The molecule has 0 aliphatic carbocycles. The number of benzene rings is 2. The van der Waals surface area contributed by atoms with Crippen LogP contribution in [-0.2, 0) is 6.54 Å². The Morgan fingerprint density at radius 3 is 2.33 bits per heavy atom. The lowest BCUT2D eigenvalue weighted by molar-refractivity contribution is -0.740. The maximum Gasteiger partial charge on any atom is 0.269 e. The number of hydrogen-bond donors (Lipinski definition) is 0. The summed E-state index contributed by atoms with van der Waals surface area (Å²) in [5, 5.41) is 15.2. The number of carbonyl (C=O) groups is 1. The van der Waals surface area contributed by atoms with Gasteiger partial charge in [-0.3, -0.25) is 14.9 Å². The number of nitrogens with zero attached hydrogens (tertiary/aromatic N) is 3. The molecule has 1 aromatic heterocycles. The van der Waals surface area contributed by atoms with Crippen LogP contribution in [0.25, 0.3) is 11.3 Å². The molecule has 6 heteroatoms. The predicted molar refractivity (Wildman–Crippen MR) is 101 cm³/mol. The lowest BCUT2D eigenvalue weighted by Crippen LogP contribution is -2.41. The van der Waals surface area contributed by atoms with Gasteiger partial charge in [0.2, 0.25) is 12.3 Å². The van der Waals surface area contributed by atoms with E-state index in [1.165, 1.54) is 29.8 Å². The highest BCUT2D eigenvalue weighted by Crippen LogP contribution is 2.20. The van der Waals surface area contributed by atoms with E-state index < -0.39 is 4.92 Å². The second kappa shape index (κ2) is 7.86. The first-order valence-corrected chi connectivity index (χ1v) is 8.69. The quantitative estimate of drug-likeness (QED) is 0.288. The summed E-state index contributed by atoms with van der Waals surface area (Å²) >= 11 is 0. The van der Waals surface area contributed by atoms with Crippen molar-refractivity contribution in [1.29, 1.82) is 0 Å². The maximum atomic E-state index is 12.4. The van der Waals surface area contributed by atoms with Crippen molar-refractivity contribution >= 4 is 11.5 Å². The van der Waals surface area contributed by atoms with Gasteiger partial charge in [0.15, 0.2) is 6.20 Å². The molecule has 0 aliphatic heterocycles. The molecule has 0 saturated carbocycles. The topological polar surface area (TPSA) is 77.0 Å². The van der Waals surface area contributed by atoms with E-state index in [1.54, 1.807) is 10.9 Å². The van der Waals surface area contributed by atoms with Crippen molar-refractivity contribution in [2.45, 2.75) is 26.3 Å². The molecule has 0 saturated heterocycles. The van der Waals surface area contributed by atoms with Crippen LogP contribution in [0.4, 0.5) is 5.69 Å². The van der Waals surface area contributed by atoms with Crippen molar-refractivity contribution in [3.05, 3.63) is 88.1 Å². The molecule has 0 N–H and O–H groups in total. The Labute approximate surface area is 157 Å². The molecule has 0 bridgehead atoms. The highest BCUT2D eigenvalue weighted by atomic mass is 16.6. The first-order chi connectivity index (χ1) is 12.9. The van der Waals surface area contributed by atoms with Crippen molar-refractivity contribution < 1.29 is 14.4 Å². The number of ketones is 1. The van der Waals surface area contributed by atoms with Gasteiger partial charge in [0.1, 0.15) is 5.69 Å². The number of nitro groups is 1. The minimum absolute atomic E-state index is 0.0378. The Kier molecular flexibility index (Phi) is 5.35. The summed E-state index contributed by atoms with van der Waals surface area (Å²) in [6, 6.07) is 17.6. The molecule has 6 nitrogen and oxygen atoms in total. The molecule has 27 heavy (non-hydrogen) atoms. The number of non-ortho nitro benzene ring substituents is 1. The van der Waals surface area contributed by atoms with Gasteiger partial charge in [0.05, 0.1) is 4.92 Å². The van der Waals surface area contributed by atoms with Crippen LogP contribution in [0.2, 0.25) is 0 Å². The van der Waals surface area contributed by atoms with Crippen molar-refractivity contribution in [2.75, 3.05) is 0 Å². The zero-order valence-electron chi connectivity index (χ0n) is 15.2. The number of carbonyl (C=O) groups excluding carboxylic acids is 1. The fraction of sp³-hybridized carbons (Fsp3) is 0.190. The molecule has 136 valence electrons. The van der Waals surface area contributed by atoms with E-state index in [9.17, 15) is 14.9 Å². The number of rotatable bonds is 6. The summed E-state index contributed by atoms with van der Waals surface area (Å²) in [5.74, 6) is 0.307. The van der Waals surface area contributed by atoms with Gasteiger partial charge in [-0.05, 0) is 29.7 Å². The number of nitro benzene ring substituents is 1. The normalized spacial score (nSPS) is 10.8. The van der Waals surface area contributed by atoms with Gasteiger partial charge < -0.3 is 0 Å². The summed E-state index contributed by atoms with van der Waals surface area (Å²) in [7, 11) is 0. The summed E-state index contributed by atoms with van der Waals surface area (Å²) in [6.45, 7) is 4.36.